The van der Waals surface area contributed by atoms with Crippen LogP contribution >= 0.6 is 0 Å². The summed E-state index contributed by atoms with van der Waals surface area (Å²) in [4.78, 5) is 5.29. The lowest BCUT2D eigenvalue weighted by Gasteiger charge is -2.14. The van der Waals surface area contributed by atoms with Crippen molar-refractivity contribution in [2.45, 2.75) is 0 Å². The minimum Gasteiger partial charge on any atom is -0.382 e. The molecule has 2 aromatic rings. The van der Waals surface area contributed by atoms with Gasteiger partial charge in [0.15, 0.2) is 5.75 Å². The summed E-state index contributed by atoms with van der Waals surface area (Å²) in [5.74, 6) is 0.881. The highest BCUT2D eigenvalue weighted by Crippen LogP contribution is 2.30. The Morgan fingerprint density at radius 3 is 2.79 bits per heavy atom. The zero-order chi connectivity index (χ0) is 12.9. The molecule has 2 aliphatic heterocycles. The van der Waals surface area contributed by atoms with E-state index in [9.17, 15) is 0 Å². The number of hydroxylamine groups is 1. The van der Waals surface area contributed by atoms with Crippen molar-refractivity contribution < 1.29 is 9.57 Å². The lowest BCUT2D eigenvalue weighted by Crippen LogP contribution is -2.14. The number of benzene rings is 2. The van der Waals surface area contributed by atoms with E-state index in [-0.39, 0.29) is 0 Å². The number of hydrogen-bond donors (Lipinski definition) is 2. The first-order chi connectivity index (χ1) is 9.45. The standard InChI is InChI=1S/C12H9NO.C3H7NO/c1-2-4-10-9(3-1)5-6-12-11(10)7-8-13-14-12;1-2-5-3-4-1/h1-8,13H;4H,1-3H2. The van der Waals surface area contributed by atoms with E-state index in [1.54, 1.807) is 6.20 Å². The average Bonchev–Trinajstić information content (AvgIpc) is 3.07. The van der Waals surface area contributed by atoms with Crippen LogP contribution < -0.4 is 15.6 Å². The summed E-state index contributed by atoms with van der Waals surface area (Å²) in [5, 5.41) is 5.46. The first-order valence-corrected chi connectivity index (χ1v) is 6.34. The van der Waals surface area contributed by atoms with Crippen molar-refractivity contribution in [2.24, 2.45) is 0 Å². The van der Waals surface area contributed by atoms with Gasteiger partial charge in [-0.05, 0) is 22.9 Å². The quantitative estimate of drug-likeness (QED) is 0.759. The third-order valence-corrected chi connectivity index (χ3v) is 3.04. The molecule has 4 rings (SSSR count). The molecule has 98 valence electrons. The van der Waals surface area contributed by atoms with Gasteiger partial charge in [0, 0.05) is 18.3 Å². The molecule has 2 aliphatic rings. The predicted octanol–water partition coefficient (Wildman–Crippen LogP) is 2.27. The van der Waals surface area contributed by atoms with E-state index in [0.29, 0.717) is 0 Å². The number of hydrogen-bond acceptors (Lipinski definition) is 4. The highest BCUT2D eigenvalue weighted by atomic mass is 16.6. The molecular formula is C15H16N2O2. The summed E-state index contributed by atoms with van der Waals surface area (Å²) >= 11 is 0. The zero-order valence-electron chi connectivity index (χ0n) is 10.6. The third kappa shape index (κ3) is 2.70. The van der Waals surface area contributed by atoms with Gasteiger partial charge in [-0.25, -0.2) is 5.48 Å². The molecule has 2 N–H and O–H groups in total. The molecule has 0 aliphatic carbocycles. The van der Waals surface area contributed by atoms with Crippen molar-refractivity contribution in [3.8, 4) is 5.75 Å². The maximum Gasteiger partial charge on any atom is 0.162 e. The van der Waals surface area contributed by atoms with Crippen LogP contribution in [0.4, 0.5) is 0 Å². The summed E-state index contributed by atoms with van der Waals surface area (Å²) in [6.45, 7) is 2.67. The predicted molar refractivity (Wildman–Crippen MR) is 75.6 cm³/mol. The summed E-state index contributed by atoms with van der Waals surface area (Å²) in [6.07, 6.45) is 3.83. The molecule has 19 heavy (non-hydrogen) atoms. The SMILES string of the molecule is C1=Cc2c(ccc3ccccc23)ON1.C1COCN1. The van der Waals surface area contributed by atoms with Crippen LogP contribution in [0, 0.1) is 0 Å². The summed E-state index contributed by atoms with van der Waals surface area (Å²) < 4.78 is 4.83. The van der Waals surface area contributed by atoms with Gasteiger partial charge in [-0.15, -0.1) is 0 Å². The van der Waals surface area contributed by atoms with E-state index < -0.39 is 0 Å². The molecule has 1 fully saturated rings. The Kier molecular flexibility index (Phi) is 3.63. The van der Waals surface area contributed by atoms with Crippen molar-refractivity contribution in [3.05, 3.63) is 48.2 Å². The molecule has 0 saturated carbocycles. The van der Waals surface area contributed by atoms with E-state index >= 15 is 0 Å². The second-order valence-electron chi connectivity index (χ2n) is 4.30. The summed E-state index contributed by atoms with van der Waals surface area (Å²) in [7, 11) is 0. The fraction of sp³-hybridized carbons (Fsp3) is 0.200. The Labute approximate surface area is 112 Å². The van der Waals surface area contributed by atoms with E-state index in [4.69, 9.17) is 9.57 Å². The molecule has 1 saturated heterocycles. The Hall–Kier alpha value is -2.04. The molecular weight excluding hydrogens is 240 g/mol. The molecule has 2 heterocycles. The van der Waals surface area contributed by atoms with Crippen molar-refractivity contribution in [3.63, 3.8) is 0 Å². The number of ether oxygens (including phenoxy) is 1. The van der Waals surface area contributed by atoms with Gasteiger partial charge in [0.05, 0.1) is 13.3 Å². The Balaban J connectivity index is 0.000000187. The van der Waals surface area contributed by atoms with Crippen molar-refractivity contribution in [1.82, 2.24) is 10.8 Å². The van der Waals surface area contributed by atoms with Gasteiger partial charge in [-0.2, -0.15) is 0 Å². The van der Waals surface area contributed by atoms with Gasteiger partial charge in [0.25, 0.3) is 0 Å². The maximum absolute atomic E-state index is 5.29. The fourth-order valence-corrected chi connectivity index (χ4v) is 2.11. The number of nitrogens with one attached hydrogen (secondary N) is 2. The smallest absolute Gasteiger partial charge is 0.162 e. The third-order valence-electron chi connectivity index (χ3n) is 3.04. The van der Waals surface area contributed by atoms with E-state index in [0.717, 1.165) is 31.2 Å². The largest absolute Gasteiger partial charge is 0.382 e. The topological polar surface area (TPSA) is 42.5 Å². The van der Waals surface area contributed by atoms with Crippen LogP contribution in [-0.2, 0) is 4.74 Å². The molecule has 4 nitrogen and oxygen atoms in total. The van der Waals surface area contributed by atoms with Gasteiger partial charge in [-0.1, -0.05) is 30.3 Å². The molecule has 2 aromatic carbocycles. The van der Waals surface area contributed by atoms with Crippen LogP contribution in [0.3, 0.4) is 0 Å². The molecule has 0 unspecified atom stereocenters. The van der Waals surface area contributed by atoms with Gasteiger partial charge in [0.2, 0.25) is 0 Å². The average molecular weight is 256 g/mol. The van der Waals surface area contributed by atoms with Crippen LogP contribution in [0.15, 0.2) is 42.6 Å². The lowest BCUT2D eigenvalue weighted by molar-refractivity contribution is 0.194. The minimum atomic E-state index is 0.750. The first-order valence-electron chi connectivity index (χ1n) is 6.34. The van der Waals surface area contributed by atoms with Crippen LogP contribution in [-0.4, -0.2) is 19.9 Å². The number of fused-ring (bicyclic) bond motifs is 3. The molecule has 0 bridgehead atoms. The molecule has 4 heteroatoms. The molecule has 0 aromatic heterocycles. The van der Waals surface area contributed by atoms with Crippen molar-refractivity contribution in [1.29, 1.82) is 0 Å². The second-order valence-corrected chi connectivity index (χ2v) is 4.30. The summed E-state index contributed by atoms with van der Waals surface area (Å²) in [6, 6.07) is 12.3. The monoisotopic (exact) mass is 256 g/mol. The van der Waals surface area contributed by atoms with Gasteiger partial charge in [0.1, 0.15) is 0 Å². The highest BCUT2D eigenvalue weighted by Gasteiger charge is 2.08. The van der Waals surface area contributed by atoms with Crippen LogP contribution in [0.25, 0.3) is 16.8 Å². The Morgan fingerprint density at radius 2 is 2.00 bits per heavy atom. The molecule has 0 radical (unpaired) electrons. The molecule has 0 spiro atoms. The Bertz CT molecular complexity index is 584. The van der Waals surface area contributed by atoms with Crippen molar-refractivity contribution in [2.75, 3.05) is 19.9 Å². The second kappa shape index (κ2) is 5.73. The van der Waals surface area contributed by atoms with E-state index in [1.807, 2.05) is 24.3 Å². The Morgan fingerprint density at radius 1 is 1.05 bits per heavy atom. The normalized spacial score (nSPS) is 16.0. The van der Waals surface area contributed by atoms with Crippen molar-refractivity contribution >= 4 is 16.8 Å². The van der Waals surface area contributed by atoms with Gasteiger partial charge >= 0.3 is 0 Å². The number of rotatable bonds is 0. The highest BCUT2D eigenvalue weighted by molar-refractivity contribution is 5.93. The van der Waals surface area contributed by atoms with E-state index in [2.05, 4.69) is 29.0 Å². The summed E-state index contributed by atoms with van der Waals surface area (Å²) in [5.41, 5.74) is 3.87. The fourth-order valence-electron chi connectivity index (χ4n) is 2.11. The van der Waals surface area contributed by atoms with Crippen LogP contribution in [0.2, 0.25) is 0 Å². The maximum atomic E-state index is 5.29. The molecule has 0 amide bonds. The lowest BCUT2D eigenvalue weighted by atomic mass is 10.0. The van der Waals surface area contributed by atoms with Crippen LogP contribution in [0.1, 0.15) is 5.56 Å². The van der Waals surface area contributed by atoms with E-state index in [1.165, 1.54) is 10.8 Å². The minimum absolute atomic E-state index is 0.750. The van der Waals surface area contributed by atoms with Crippen LogP contribution in [0.5, 0.6) is 5.75 Å². The zero-order valence-corrected chi connectivity index (χ0v) is 10.6. The molecule has 0 atom stereocenters. The van der Waals surface area contributed by atoms with Gasteiger partial charge < -0.3 is 9.57 Å². The van der Waals surface area contributed by atoms with Gasteiger partial charge in [-0.3, -0.25) is 5.32 Å². The first kappa shape index (κ1) is 12.0.